The highest BCUT2D eigenvalue weighted by atomic mass is 35.5. The van der Waals surface area contributed by atoms with Gasteiger partial charge in [-0.05, 0) is 57.3 Å². The van der Waals surface area contributed by atoms with Crippen molar-refractivity contribution >= 4 is 45.6 Å². The lowest BCUT2D eigenvalue weighted by molar-refractivity contribution is -0.111. The summed E-state index contributed by atoms with van der Waals surface area (Å²) >= 11 is 6.48. The average molecular weight is 539 g/mol. The minimum absolute atomic E-state index is 0.257. The quantitative estimate of drug-likeness (QED) is 0.243. The summed E-state index contributed by atoms with van der Waals surface area (Å²) in [6, 6.07) is 14.0. The van der Waals surface area contributed by atoms with E-state index in [4.69, 9.17) is 29.3 Å². The second kappa shape index (κ2) is 12.8. The molecule has 10 heteroatoms. The maximum atomic E-state index is 12.7. The molecule has 38 heavy (non-hydrogen) atoms. The lowest BCUT2D eigenvalue weighted by Crippen LogP contribution is -2.13. The Morgan fingerprint density at radius 3 is 2.76 bits per heavy atom. The van der Waals surface area contributed by atoms with E-state index >= 15 is 0 Å². The summed E-state index contributed by atoms with van der Waals surface area (Å²) in [6.07, 6.45) is 5.29. The van der Waals surface area contributed by atoms with Gasteiger partial charge >= 0.3 is 0 Å². The second-order valence-electron chi connectivity index (χ2n) is 7.90. The van der Waals surface area contributed by atoms with E-state index in [-0.39, 0.29) is 6.61 Å². The molecular formula is C28H29ClN6O3. The average Bonchev–Trinajstić information content (AvgIpc) is 2.95. The number of nitrogens with one attached hydrogen (secondary N) is 2. The zero-order valence-corrected chi connectivity index (χ0v) is 21.2. The van der Waals surface area contributed by atoms with Gasteiger partial charge in [-0.2, -0.15) is 0 Å². The van der Waals surface area contributed by atoms with E-state index in [0.717, 1.165) is 11.8 Å². The van der Waals surface area contributed by atoms with E-state index < -0.39 is 26.4 Å². The molecule has 0 spiro atoms. The maximum Gasteiger partial charge on any atom is 0.248 e. The zero-order valence-electron chi connectivity index (χ0n) is 26.4. The number of hydrogen-bond acceptors (Lipinski definition) is 8. The van der Waals surface area contributed by atoms with Crippen molar-refractivity contribution in [3.63, 3.8) is 0 Å². The number of likely N-dealkylation sites (N-methyl/N-ethyl adjacent to an activating group) is 1. The monoisotopic (exact) mass is 538 g/mol. The number of ether oxygens (including phenoxy) is 2. The van der Waals surface area contributed by atoms with Crippen LogP contribution in [-0.4, -0.2) is 52.9 Å². The first-order chi connectivity index (χ1) is 20.8. The van der Waals surface area contributed by atoms with Crippen molar-refractivity contribution in [1.82, 2.24) is 19.9 Å². The number of benzene rings is 2. The van der Waals surface area contributed by atoms with Crippen LogP contribution in [0.1, 0.15) is 20.8 Å². The zero-order chi connectivity index (χ0) is 31.9. The van der Waals surface area contributed by atoms with Crippen molar-refractivity contribution in [3.05, 3.63) is 83.9 Å². The highest BCUT2D eigenvalue weighted by molar-refractivity contribution is 6.32. The predicted molar refractivity (Wildman–Crippen MR) is 150 cm³/mol. The summed E-state index contributed by atoms with van der Waals surface area (Å²) < 4.78 is 56.2. The third-order valence-electron chi connectivity index (χ3n) is 5.15. The Balaban J connectivity index is 1.54. The maximum absolute atomic E-state index is 12.7. The van der Waals surface area contributed by atoms with Crippen molar-refractivity contribution in [2.75, 3.05) is 37.7 Å². The molecule has 0 bridgehead atoms. The molecule has 2 aromatic heterocycles. The summed E-state index contributed by atoms with van der Waals surface area (Å²) in [4.78, 5) is 26.0. The Morgan fingerprint density at radius 2 is 2.00 bits per heavy atom. The first kappa shape index (κ1) is 19.8. The minimum atomic E-state index is -2.87. The van der Waals surface area contributed by atoms with Crippen LogP contribution in [-0.2, 0) is 11.4 Å². The number of amides is 1. The van der Waals surface area contributed by atoms with Crippen LogP contribution in [0.15, 0.2) is 73.2 Å². The molecule has 4 aromatic rings. The van der Waals surface area contributed by atoms with Gasteiger partial charge in [-0.25, -0.2) is 9.97 Å². The second-order valence-corrected chi connectivity index (χ2v) is 8.31. The van der Waals surface area contributed by atoms with E-state index in [1.807, 2.05) is 18.2 Å². The molecule has 0 unspecified atom stereocenters. The van der Waals surface area contributed by atoms with Crippen LogP contribution in [0.3, 0.4) is 0 Å². The lowest BCUT2D eigenvalue weighted by atomic mass is 10.1. The Labute approximate surface area is 234 Å². The molecule has 196 valence electrons. The smallest absolute Gasteiger partial charge is 0.248 e. The number of pyridine rings is 1. The highest BCUT2D eigenvalue weighted by Gasteiger charge is 2.13. The third kappa shape index (κ3) is 7.18. The summed E-state index contributed by atoms with van der Waals surface area (Å²) in [5, 5.41) is 6.84. The molecule has 2 N–H and O–H groups in total. The Hall–Kier alpha value is -4.21. The van der Waals surface area contributed by atoms with Crippen molar-refractivity contribution in [1.29, 1.82) is 0 Å². The van der Waals surface area contributed by atoms with Crippen LogP contribution in [0.25, 0.3) is 10.9 Å². The molecule has 0 saturated heterocycles. The summed E-state index contributed by atoms with van der Waals surface area (Å²) in [6.45, 7) is -3.88. The van der Waals surface area contributed by atoms with Gasteiger partial charge in [0.15, 0.2) is 0 Å². The van der Waals surface area contributed by atoms with E-state index in [2.05, 4.69) is 25.6 Å². The fourth-order valence-corrected chi connectivity index (χ4v) is 3.70. The number of aromatic nitrogens is 3. The largest absolute Gasteiger partial charge is 0.492 e. The van der Waals surface area contributed by atoms with Gasteiger partial charge < -0.3 is 25.0 Å². The van der Waals surface area contributed by atoms with Gasteiger partial charge in [-0.3, -0.25) is 9.78 Å². The molecule has 0 radical (unpaired) electrons. The number of fused-ring (bicyclic) bond motifs is 1. The van der Waals surface area contributed by atoms with Crippen molar-refractivity contribution in [2.45, 2.75) is 13.5 Å². The number of halogens is 1. The van der Waals surface area contributed by atoms with Crippen LogP contribution in [0.4, 0.5) is 17.2 Å². The van der Waals surface area contributed by atoms with Gasteiger partial charge in [0, 0.05) is 44.2 Å². The van der Waals surface area contributed by atoms with Crippen LogP contribution in [0.5, 0.6) is 11.5 Å². The first-order valence-corrected chi connectivity index (χ1v) is 12.0. The summed E-state index contributed by atoms with van der Waals surface area (Å²) in [5.74, 6) is 0.625. The summed E-state index contributed by atoms with van der Waals surface area (Å²) in [5.41, 5.74) is 2.21. The molecule has 4 rings (SSSR count). The fourth-order valence-electron chi connectivity index (χ4n) is 3.46. The number of carbonyl (C=O) groups is 1. The van der Waals surface area contributed by atoms with Gasteiger partial charge in [-0.1, -0.05) is 23.7 Å². The van der Waals surface area contributed by atoms with E-state index in [0.29, 0.717) is 56.1 Å². The van der Waals surface area contributed by atoms with Crippen LogP contribution < -0.4 is 20.1 Å². The van der Waals surface area contributed by atoms with Crippen LogP contribution in [0, 0.1) is 0 Å². The van der Waals surface area contributed by atoms with E-state index in [9.17, 15) is 4.79 Å². The molecule has 9 nitrogen and oxygen atoms in total. The molecule has 2 aromatic carbocycles. The molecule has 2 heterocycles. The fraction of sp³-hybridized carbons (Fsp3) is 0.214. The normalized spacial score (nSPS) is 14.2. The van der Waals surface area contributed by atoms with Crippen LogP contribution in [0.2, 0.25) is 5.02 Å². The molecule has 0 atom stereocenters. The molecular weight excluding hydrogens is 504 g/mol. The SMILES string of the molecule is [2H]C([2H])([2H])N(CC=CC(=O)Nc1cc2c(Nc3ccc(OCc4ccccn4)c(Cl)c3)ncnc2cc1OCC)C([2H])([2H])[2H]. The first-order valence-electron chi connectivity index (χ1n) is 14.6. The Kier molecular flexibility index (Phi) is 6.71. The highest BCUT2D eigenvalue weighted by Crippen LogP contribution is 2.35. The number of carbonyl (C=O) groups excluding carboxylic acids is 1. The number of anilines is 3. The van der Waals surface area contributed by atoms with Crippen molar-refractivity contribution in [3.8, 4) is 11.5 Å². The van der Waals surface area contributed by atoms with Gasteiger partial charge in [0.25, 0.3) is 0 Å². The van der Waals surface area contributed by atoms with Gasteiger partial charge in [-0.15, -0.1) is 0 Å². The van der Waals surface area contributed by atoms with E-state index in [1.165, 1.54) is 12.4 Å². The van der Waals surface area contributed by atoms with Gasteiger partial charge in [0.1, 0.15) is 30.3 Å². The number of hydrogen-bond donors (Lipinski definition) is 2. The molecule has 0 aliphatic carbocycles. The minimum Gasteiger partial charge on any atom is -0.492 e. The molecule has 1 amide bonds. The van der Waals surface area contributed by atoms with Crippen LogP contribution >= 0.6 is 11.6 Å². The standard InChI is InChI=1S/C28H29ClN6O3/c1-4-37-26-16-23-21(15-24(26)34-27(36)9-7-13-35(2)3)28(32-18-31-23)33-19-10-11-25(22(29)14-19)38-17-20-8-5-6-12-30-20/h5-12,14-16,18H,4,13,17H2,1-3H3,(H,34,36)(H,31,32,33)/i2D3,3D3. The molecule has 0 saturated carbocycles. The summed E-state index contributed by atoms with van der Waals surface area (Å²) in [7, 11) is 0. The molecule has 0 aliphatic heterocycles. The third-order valence-corrected chi connectivity index (χ3v) is 5.44. The van der Waals surface area contributed by atoms with Crippen molar-refractivity contribution < 1.29 is 22.5 Å². The topological polar surface area (TPSA) is 102 Å². The Bertz CT molecular complexity index is 1620. The van der Waals surface area contributed by atoms with Gasteiger partial charge in [0.05, 0.1) is 28.5 Å². The number of rotatable bonds is 11. The predicted octanol–water partition coefficient (Wildman–Crippen LogP) is 5.46. The Morgan fingerprint density at radius 1 is 1.11 bits per heavy atom. The lowest BCUT2D eigenvalue weighted by Gasteiger charge is -2.15. The van der Waals surface area contributed by atoms with Crippen molar-refractivity contribution in [2.24, 2.45) is 0 Å². The van der Waals surface area contributed by atoms with E-state index in [1.54, 1.807) is 43.5 Å². The van der Waals surface area contributed by atoms with Gasteiger partial charge in [0.2, 0.25) is 5.91 Å². The molecule has 0 fully saturated rings. The molecule has 0 aliphatic rings. The number of nitrogens with zero attached hydrogens (tertiary/aromatic N) is 4.